The zero-order valence-corrected chi connectivity index (χ0v) is 15.8. The Labute approximate surface area is 167 Å². The number of nitrogens with one attached hydrogen (secondary N) is 2. The van der Waals surface area contributed by atoms with Crippen molar-refractivity contribution < 1.29 is 13.6 Å². The minimum atomic E-state index is -2.58. The molecule has 6 nitrogen and oxygen atoms in total. The van der Waals surface area contributed by atoms with Gasteiger partial charge in [0.1, 0.15) is 6.04 Å². The van der Waals surface area contributed by atoms with Gasteiger partial charge in [0.25, 0.3) is 12.3 Å². The highest BCUT2D eigenvalue weighted by Crippen LogP contribution is 2.30. The molecular weight excluding hydrogens is 376 g/mol. The van der Waals surface area contributed by atoms with Crippen LogP contribution in [0.1, 0.15) is 41.1 Å². The van der Waals surface area contributed by atoms with Crippen LogP contribution in [0.4, 0.5) is 20.4 Å². The highest BCUT2D eigenvalue weighted by Gasteiger charge is 2.34. The fourth-order valence-corrected chi connectivity index (χ4v) is 3.49. The van der Waals surface area contributed by atoms with Crippen LogP contribution in [0.15, 0.2) is 54.6 Å². The molecule has 0 saturated heterocycles. The van der Waals surface area contributed by atoms with Crippen LogP contribution in [0.3, 0.4) is 0 Å². The van der Waals surface area contributed by atoms with E-state index >= 15 is 0 Å². The van der Waals surface area contributed by atoms with Crippen LogP contribution in [0.2, 0.25) is 0 Å². The number of carbonyl (C=O) groups excluding carboxylic acids is 1. The van der Waals surface area contributed by atoms with Crippen LogP contribution in [-0.4, -0.2) is 33.1 Å². The summed E-state index contributed by atoms with van der Waals surface area (Å²) in [6.45, 7) is 1.80. The summed E-state index contributed by atoms with van der Waals surface area (Å²) in [5, 5.41) is 9.87. The molecule has 3 aromatic rings. The molecule has 2 N–H and O–H groups in total. The van der Waals surface area contributed by atoms with Crippen LogP contribution >= 0.6 is 0 Å². The SMILES string of the molecule is C[C@H]1C[C@@H](C(F)F)n2nc(C(=O)Nc3ccccc3Cc3ccccc3)nc2N1. The Morgan fingerprint density at radius 1 is 1.21 bits per heavy atom. The molecule has 0 spiro atoms. The molecule has 0 aliphatic carbocycles. The number of amides is 1. The Bertz CT molecular complexity index is 1010. The number of hydrogen-bond acceptors (Lipinski definition) is 4. The normalized spacial score (nSPS) is 18.2. The number of anilines is 2. The second kappa shape index (κ2) is 7.98. The van der Waals surface area contributed by atoms with Gasteiger partial charge in [-0.15, -0.1) is 5.10 Å². The number of benzene rings is 2. The van der Waals surface area contributed by atoms with Gasteiger partial charge in [-0.25, -0.2) is 13.5 Å². The molecule has 0 radical (unpaired) electrons. The number of hydrogen-bond donors (Lipinski definition) is 2. The van der Waals surface area contributed by atoms with E-state index in [1.165, 1.54) is 0 Å². The summed E-state index contributed by atoms with van der Waals surface area (Å²) in [5.74, 6) is -0.478. The van der Waals surface area contributed by atoms with Crippen molar-refractivity contribution >= 4 is 17.5 Å². The number of aromatic nitrogens is 3. The van der Waals surface area contributed by atoms with Crippen molar-refractivity contribution in [2.45, 2.75) is 38.3 Å². The van der Waals surface area contributed by atoms with Gasteiger partial charge in [0.05, 0.1) is 0 Å². The Hall–Kier alpha value is -3.29. The summed E-state index contributed by atoms with van der Waals surface area (Å²) in [4.78, 5) is 16.9. The highest BCUT2D eigenvalue weighted by atomic mass is 19.3. The molecule has 0 bridgehead atoms. The van der Waals surface area contributed by atoms with Crippen molar-refractivity contribution in [3.05, 3.63) is 71.5 Å². The Morgan fingerprint density at radius 2 is 1.93 bits per heavy atom. The molecule has 0 unspecified atom stereocenters. The van der Waals surface area contributed by atoms with Crippen molar-refractivity contribution in [1.82, 2.24) is 14.8 Å². The van der Waals surface area contributed by atoms with Crippen molar-refractivity contribution in [1.29, 1.82) is 0 Å². The summed E-state index contributed by atoms with van der Waals surface area (Å²) in [7, 11) is 0. The molecule has 1 aliphatic heterocycles. The fraction of sp³-hybridized carbons (Fsp3) is 0.286. The molecule has 1 aromatic heterocycles. The van der Waals surface area contributed by atoms with Crippen molar-refractivity contribution in [3.63, 3.8) is 0 Å². The lowest BCUT2D eigenvalue weighted by Gasteiger charge is -2.28. The van der Waals surface area contributed by atoms with E-state index in [4.69, 9.17) is 0 Å². The van der Waals surface area contributed by atoms with Crippen molar-refractivity contribution in [2.24, 2.45) is 0 Å². The molecule has 2 atom stereocenters. The van der Waals surface area contributed by atoms with E-state index in [-0.39, 0.29) is 24.2 Å². The molecular formula is C21H21F2N5O. The number of fused-ring (bicyclic) bond motifs is 1. The molecule has 2 heterocycles. The number of para-hydroxylation sites is 1. The summed E-state index contributed by atoms with van der Waals surface area (Å²) >= 11 is 0. The lowest BCUT2D eigenvalue weighted by Crippen LogP contribution is -2.33. The largest absolute Gasteiger partial charge is 0.352 e. The second-order valence-corrected chi connectivity index (χ2v) is 7.16. The van der Waals surface area contributed by atoms with Crippen LogP contribution < -0.4 is 10.6 Å². The van der Waals surface area contributed by atoms with E-state index in [0.29, 0.717) is 12.1 Å². The smallest absolute Gasteiger partial charge is 0.295 e. The molecule has 0 saturated carbocycles. The molecule has 0 fully saturated rings. The third-order valence-electron chi connectivity index (χ3n) is 4.91. The topological polar surface area (TPSA) is 71.8 Å². The summed E-state index contributed by atoms with van der Waals surface area (Å²) < 4.78 is 27.9. The molecule has 1 amide bonds. The fourth-order valence-electron chi connectivity index (χ4n) is 3.49. The molecule has 4 rings (SSSR count). The van der Waals surface area contributed by atoms with Gasteiger partial charge in [-0.05, 0) is 37.0 Å². The number of carbonyl (C=O) groups is 1. The van der Waals surface area contributed by atoms with Gasteiger partial charge >= 0.3 is 0 Å². The first-order valence-electron chi connectivity index (χ1n) is 9.45. The average Bonchev–Trinajstić information content (AvgIpc) is 3.13. The van der Waals surface area contributed by atoms with Gasteiger partial charge < -0.3 is 10.6 Å². The number of nitrogens with zero attached hydrogens (tertiary/aromatic N) is 3. The molecule has 150 valence electrons. The molecule has 29 heavy (non-hydrogen) atoms. The van der Waals surface area contributed by atoms with E-state index in [2.05, 4.69) is 20.7 Å². The van der Waals surface area contributed by atoms with Gasteiger partial charge in [-0.3, -0.25) is 4.79 Å². The summed E-state index contributed by atoms with van der Waals surface area (Å²) in [6.07, 6.45) is -1.71. The average molecular weight is 397 g/mol. The van der Waals surface area contributed by atoms with E-state index in [9.17, 15) is 13.6 Å². The molecule has 2 aromatic carbocycles. The van der Waals surface area contributed by atoms with E-state index in [1.807, 2.05) is 48.5 Å². The molecule has 8 heteroatoms. The van der Waals surface area contributed by atoms with Crippen LogP contribution in [0, 0.1) is 0 Å². The van der Waals surface area contributed by atoms with E-state index in [1.54, 1.807) is 13.0 Å². The third kappa shape index (κ3) is 4.11. The predicted molar refractivity (Wildman–Crippen MR) is 106 cm³/mol. The minimum Gasteiger partial charge on any atom is -0.352 e. The van der Waals surface area contributed by atoms with Crippen LogP contribution in [-0.2, 0) is 6.42 Å². The quantitative estimate of drug-likeness (QED) is 0.679. The zero-order valence-electron chi connectivity index (χ0n) is 15.8. The maximum absolute atomic E-state index is 13.4. The van der Waals surface area contributed by atoms with Gasteiger partial charge in [-0.1, -0.05) is 48.5 Å². The van der Waals surface area contributed by atoms with Crippen LogP contribution in [0.5, 0.6) is 0 Å². The number of alkyl halides is 2. The summed E-state index contributed by atoms with van der Waals surface area (Å²) in [6, 6.07) is 16.1. The Kier molecular flexibility index (Phi) is 5.24. The van der Waals surface area contributed by atoms with Gasteiger partial charge in [-0.2, -0.15) is 4.98 Å². The van der Waals surface area contributed by atoms with E-state index in [0.717, 1.165) is 15.8 Å². The van der Waals surface area contributed by atoms with Gasteiger partial charge in [0.15, 0.2) is 0 Å². The standard InChI is InChI=1S/C21H21F2N5O/c1-13-11-17(18(22)23)28-21(24-13)26-19(27-28)20(29)25-16-10-6-5-9-15(16)12-14-7-3-2-4-8-14/h2-10,13,17-18H,11-12H2,1H3,(H,25,29)(H,24,26,27)/t13-,17-/m0/s1. The zero-order chi connectivity index (χ0) is 20.4. The van der Waals surface area contributed by atoms with Crippen molar-refractivity contribution in [2.75, 3.05) is 10.6 Å². The van der Waals surface area contributed by atoms with Gasteiger partial charge in [0, 0.05) is 11.7 Å². The van der Waals surface area contributed by atoms with Crippen LogP contribution in [0.25, 0.3) is 0 Å². The maximum Gasteiger partial charge on any atom is 0.295 e. The minimum absolute atomic E-state index is 0.137. The lowest BCUT2D eigenvalue weighted by atomic mass is 10.0. The Balaban J connectivity index is 1.56. The Morgan fingerprint density at radius 3 is 2.69 bits per heavy atom. The monoisotopic (exact) mass is 397 g/mol. The van der Waals surface area contributed by atoms with E-state index < -0.39 is 18.4 Å². The first-order chi connectivity index (χ1) is 14.0. The first-order valence-corrected chi connectivity index (χ1v) is 9.45. The number of halogens is 2. The predicted octanol–water partition coefficient (Wildman–Crippen LogP) is 4.13. The number of rotatable bonds is 5. The highest BCUT2D eigenvalue weighted by molar-refractivity contribution is 6.02. The second-order valence-electron chi connectivity index (χ2n) is 7.16. The van der Waals surface area contributed by atoms with Crippen molar-refractivity contribution in [3.8, 4) is 0 Å². The maximum atomic E-state index is 13.4. The molecule has 1 aliphatic rings. The summed E-state index contributed by atoms with van der Waals surface area (Å²) in [5.41, 5.74) is 2.69. The first kappa shape index (κ1) is 19.0. The van der Waals surface area contributed by atoms with Gasteiger partial charge in [0.2, 0.25) is 11.8 Å². The lowest BCUT2D eigenvalue weighted by molar-refractivity contribution is 0.0662. The third-order valence-corrected chi connectivity index (χ3v) is 4.91.